The number of carbonyl (C=O) groups is 1. The number of fused-ring (bicyclic) bond motifs is 5. The van der Waals surface area contributed by atoms with E-state index in [0.717, 1.165) is 25.5 Å². The second-order valence-corrected chi connectivity index (χ2v) is 9.35. The first-order valence-corrected chi connectivity index (χ1v) is 10.6. The number of benzene rings is 2. The number of esters is 1. The number of rotatable bonds is 1. The van der Waals surface area contributed by atoms with Gasteiger partial charge in [0.05, 0.1) is 16.2 Å². The SMILES string of the molecule is O=C1Oc2ccc(Br)cc2[C@@H]2c3sc(=O)[nH]c3S[C@@H](c3ccccc3)[C@@H]12. The third-order valence-corrected chi connectivity index (χ3v) is 7.74. The first kappa shape index (κ1) is 16.4. The maximum atomic E-state index is 12.9. The van der Waals surface area contributed by atoms with Crippen LogP contribution in [0.1, 0.15) is 27.2 Å². The molecule has 0 unspecified atom stereocenters. The van der Waals surface area contributed by atoms with Crippen molar-refractivity contribution in [2.45, 2.75) is 16.2 Å². The van der Waals surface area contributed by atoms with Gasteiger partial charge in [0.15, 0.2) is 0 Å². The molecule has 0 radical (unpaired) electrons. The van der Waals surface area contributed by atoms with Crippen LogP contribution in [0, 0.1) is 5.92 Å². The summed E-state index contributed by atoms with van der Waals surface area (Å²) < 4.78 is 6.60. The number of carbonyl (C=O) groups excluding carboxylic acids is 1. The van der Waals surface area contributed by atoms with Crippen molar-refractivity contribution < 1.29 is 9.53 Å². The maximum Gasteiger partial charge on any atom is 0.316 e. The molecule has 5 rings (SSSR count). The van der Waals surface area contributed by atoms with E-state index in [1.165, 1.54) is 11.3 Å². The van der Waals surface area contributed by atoms with Crippen LogP contribution in [-0.2, 0) is 4.79 Å². The van der Waals surface area contributed by atoms with E-state index in [4.69, 9.17) is 4.74 Å². The van der Waals surface area contributed by atoms with Crippen LogP contribution >= 0.6 is 39.0 Å². The molecule has 2 aliphatic rings. The first-order valence-electron chi connectivity index (χ1n) is 8.07. The lowest BCUT2D eigenvalue weighted by molar-refractivity contribution is -0.140. The lowest BCUT2D eigenvalue weighted by atomic mass is 9.78. The van der Waals surface area contributed by atoms with E-state index in [9.17, 15) is 9.59 Å². The number of hydrogen-bond donors (Lipinski definition) is 1. The molecule has 0 saturated heterocycles. The molecule has 3 heterocycles. The Balaban J connectivity index is 1.76. The van der Waals surface area contributed by atoms with E-state index in [2.05, 4.69) is 20.9 Å². The zero-order chi connectivity index (χ0) is 17.8. The van der Waals surface area contributed by atoms with Crippen molar-refractivity contribution in [3.63, 3.8) is 0 Å². The standard InChI is InChI=1S/C19H12BrNO3S2/c20-10-6-7-12-11(8-10)13-14(18(22)24-12)15(9-4-2-1-3-5-9)25-17-16(13)26-19(23)21-17/h1-8,13-15H,(H,21,23)/t13-,14-,15-/m0/s1. The van der Waals surface area contributed by atoms with Crippen molar-refractivity contribution in [2.75, 3.05) is 0 Å². The Bertz CT molecular complexity index is 1080. The monoisotopic (exact) mass is 445 g/mol. The van der Waals surface area contributed by atoms with Crippen molar-refractivity contribution in [1.29, 1.82) is 0 Å². The summed E-state index contributed by atoms with van der Waals surface area (Å²) in [7, 11) is 0. The fourth-order valence-corrected chi connectivity index (χ4v) is 6.67. The van der Waals surface area contributed by atoms with E-state index >= 15 is 0 Å². The smallest absolute Gasteiger partial charge is 0.316 e. The molecule has 2 aliphatic heterocycles. The van der Waals surface area contributed by atoms with Gasteiger partial charge in [-0.1, -0.05) is 69.4 Å². The van der Waals surface area contributed by atoms with E-state index in [1.807, 2.05) is 48.5 Å². The highest BCUT2D eigenvalue weighted by molar-refractivity contribution is 9.10. The summed E-state index contributed by atoms with van der Waals surface area (Å²) in [5.41, 5.74) is 2.00. The van der Waals surface area contributed by atoms with Crippen molar-refractivity contribution in [3.8, 4) is 5.75 Å². The molecule has 1 N–H and O–H groups in total. The van der Waals surface area contributed by atoms with Gasteiger partial charge >= 0.3 is 10.8 Å². The number of aromatic amines is 1. The van der Waals surface area contributed by atoms with Crippen LogP contribution in [0.4, 0.5) is 0 Å². The van der Waals surface area contributed by atoms with Crippen LogP contribution in [0.3, 0.4) is 0 Å². The fourth-order valence-electron chi connectivity index (χ4n) is 3.70. The Morgan fingerprint density at radius 3 is 2.69 bits per heavy atom. The molecule has 0 amide bonds. The van der Waals surface area contributed by atoms with Crippen LogP contribution in [-0.4, -0.2) is 11.0 Å². The van der Waals surface area contributed by atoms with E-state index < -0.39 is 0 Å². The Labute approximate surface area is 165 Å². The molecule has 0 fully saturated rings. The van der Waals surface area contributed by atoms with Gasteiger partial charge < -0.3 is 9.72 Å². The lowest BCUT2D eigenvalue weighted by Crippen LogP contribution is -2.37. The third-order valence-electron chi connectivity index (χ3n) is 4.77. The highest BCUT2D eigenvalue weighted by Gasteiger charge is 2.49. The molecule has 4 nitrogen and oxygen atoms in total. The van der Waals surface area contributed by atoms with Gasteiger partial charge in [0.2, 0.25) is 0 Å². The summed E-state index contributed by atoms with van der Waals surface area (Å²) in [5.74, 6) is -0.222. The van der Waals surface area contributed by atoms with E-state index in [-0.39, 0.29) is 27.9 Å². The van der Waals surface area contributed by atoms with Crippen LogP contribution in [0.15, 0.2) is 62.8 Å². The summed E-state index contributed by atoms with van der Waals surface area (Å²) >= 11 is 6.25. The molecule has 26 heavy (non-hydrogen) atoms. The molecule has 0 aliphatic carbocycles. The number of ether oxygens (including phenoxy) is 1. The normalized spacial score (nSPS) is 23.6. The van der Waals surface area contributed by atoms with Gasteiger partial charge in [0.25, 0.3) is 0 Å². The minimum absolute atomic E-state index is 0.0922. The van der Waals surface area contributed by atoms with Crippen LogP contribution in [0.25, 0.3) is 0 Å². The second-order valence-electron chi connectivity index (χ2n) is 6.26. The van der Waals surface area contributed by atoms with Crippen molar-refractivity contribution in [1.82, 2.24) is 4.98 Å². The second kappa shape index (κ2) is 6.11. The van der Waals surface area contributed by atoms with Gasteiger partial charge in [0, 0.05) is 20.8 Å². The molecular weight excluding hydrogens is 434 g/mol. The molecule has 0 bridgehead atoms. The van der Waals surface area contributed by atoms with Crippen molar-refractivity contribution in [2.24, 2.45) is 5.92 Å². The number of thiazole rings is 1. The molecule has 2 aromatic carbocycles. The molecule has 3 aromatic rings. The number of halogens is 1. The number of thioether (sulfide) groups is 1. The minimum Gasteiger partial charge on any atom is -0.426 e. The number of H-pyrrole nitrogens is 1. The summed E-state index contributed by atoms with van der Waals surface area (Å²) in [6.07, 6.45) is 0. The summed E-state index contributed by atoms with van der Waals surface area (Å²) in [6, 6.07) is 15.6. The zero-order valence-electron chi connectivity index (χ0n) is 13.3. The Kier molecular flexibility index (Phi) is 3.84. The van der Waals surface area contributed by atoms with Gasteiger partial charge in [-0.05, 0) is 23.8 Å². The lowest BCUT2D eigenvalue weighted by Gasteiger charge is -2.39. The van der Waals surface area contributed by atoms with E-state index in [1.54, 1.807) is 11.8 Å². The number of hydrogen-bond acceptors (Lipinski definition) is 5. The fraction of sp³-hybridized carbons (Fsp3) is 0.158. The first-order chi connectivity index (χ1) is 12.6. The highest BCUT2D eigenvalue weighted by atomic mass is 79.9. The molecule has 1 aromatic heterocycles. The van der Waals surface area contributed by atoms with Gasteiger partial charge in [0.1, 0.15) is 5.75 Å². The molecular formula is C19H12BrNO3S2. The highest BCUT2D eigenvalue weighted by Crippen LogP contribution is 2.58. The topological polar surface area (TPSA) is 59.2 Å². The van der Waals surface area contributed by atoms with Gasteiger partial charge in [-0.3, -0.25) is 9.59 Å². The predicted molar refractivity (Wildman–Crippen MR) is 105 cm³/mol. The molecule has 7 heteroatoms. The number of aromatic nitrogens is 1. The molecule has 0 saturated carbocycles. The van der Waals surface area contributed by atoms with Crippen molar-refractivity contribution >= 4 is 45.0 Å². The van der Waals surface area contributed by atoms with Crippen LogP contribution in [0.2, 0.25) is 0 Å². The zero-order valence-corrected chi connectivity index (χ0v) is 16.5. The van der Waals surface area contributed by atoms with E-state index in [0.29, 0.717) is 5.75 Å². The average molecular weight is 446 g/mol. The third kappa shape index (κ3) is 2.49. The summed E-state index contributed by atoms with van der Waals surface area (Å²) in [6.45, 7) is 0. The number of nitrogens with one attached hydrogen (secondary N) is 1. The minimum atomic E-state index is -0.372. The predicted octanol–water partition coefficient (Wildman–Crippen LogP) is 4.71. The molecule has 0 spiro atoms. The van der Waals surface area contributed by atoms with Crippen LogP contribution < -0.4 is 9.61 Å². The quantitative estimate of drug-likeness (QED) is 0.435. The van der Waals surface area contributed by atoms with Gasteiger partial charge in [-0.15, -0.1) is 0 Å². The molecule has 3 atom stereocenters. The molecule has 130 valence electrons. The Morgan fingerprint density at radius 1 is 1.08 bits per heavy atom. The summed E-state index contributed by atoms with van der Waals surface area (Å²) in [4.78, 5) is 28.8. The van der Waals surface area contributed by atoms with Crippen LogP contribution in [0.5, 0.6) is 5.75 Å². The maximum absolute atomic E-state index is 12.9. The largest absolute Gasteiger partial charge is 0.426 e. The Morgan fingerprint density at radius 2 is 1.88 bits per heavy atom. The van der Waals surface area contributed by atoms with Crippen molar-refractivity contribution in [3.05, 3.63) is 78.7 Å². The van der Waals surface area contributed by atoms with Gasteiger partial charge in [-0.25, -0.2) is 0 Å². The Hall–Kier alpha value is -1.83. The van der Waals surface area contributed by atoms with Gasteiger partial charge in [-0.2, -0.15) is 0 Å². The average Bonchev–Trinajstić information content (AvgIpc) is 3.02. The summed E-state index contributed by atoms with van der Waals surface area (Å²) in [5, 5.41) is 0.745.